The summed E-state index contributed by atoms with van der Waals surface area (Å²) in [6.45, 7) is 0.300. The predicted molar refractivity (Wildman–Crippen MR) is 73.2 cm³/mol. The second-order valence-electron chi connectivity index (χ2n) is 3.55. The van der Waals surface area contributed by atoms with Crippen LogP contribution < -0.4 is 0 Å². The lowest BCUT2D eigenvalue weighted by Gasteiger charge is -2.06. The highest BCUT2D eigenvalue weighted by Gasteiger charge is 2.07. The molecule has 94 valence electrons. The lowest BCUT2D eigenvalue weighted by molar-refractivity contribution is 0.178. The number of rotatable bonds is 3. The monoisotopic (exact) mass is 302 g/mol. The van der Waals surface area contributed by atoms with Crippen molar-refractivity contribution in [1.82, 2.24) is 9.97 Å². The molecule has 0 bridgehead atoms. The van der Waals surface area contributed by atoms with Crippen molar-refractivity contribution < 1.29 is 4.74 Å². The third-order valence-corrected chi connectivity index (χ3v) is 3.16. The highest BCUT2D eigenvalue weighted by atomic mass is 35.5. The Morgan fingerprint density at radius 3 is 2.50 bits per heavy atom. The average molecular weight is 304 g/mol. The van der Waals surface area contributed by atoms with E-state index in [4.69, 9.17) is 39.5 Å². The minimum atomic E-state index is 0.300. The Morgan fingerprint density at radius 2 is 1.83 bits per heavy atom. The maximum Gasteiger partial charge on any atom is 0.156 e. The standard InChI is InChI=1S/C12H9Cl3N2O/c1-18-6-12-16-10(5-11(15)17-12)7-2-3-8(13)9(14)4-7/h2-5H,6H2,1H3. The molecule has 0 N–H and O–H groups in total. The molecular weight excluding hydrogens is 295 g/mol. The highest BCUT2D eigenvalue weighted by molar-refractivity contribution is 6.42. The van der Waals surface area contributed by atoms with Crippen molar-refractivity contribution in [3.63, 3.8) is 0 Å². The van der Waals surface area contributed by atoms with Crippen molar-refractivity contribution in [2.24, 2.45) is 0 Å². The molecule has 0 aliphatic rings. The largest absolute Gasteiger partial charge is 0.377 e. The van der Waals surface area contributed by atoms with E-state index in [9.17, 15) is 0 Å². The fourth-order valence-electron chi connectivity index (χ4n) is 1.46. The summed E-state index contributed by atoms with van der Waals surface area (Å²) in [6.07, 6.45) is 0. The highest BCUT2D eigenvalue weighted by Crippen LogP contribution is 2.28. The lowest BCUT2D eigenvalue weighted by atomic mass is 10.1. The van der Waals surface area contributed by atoms with Gasteiger partial charge in [-0.3, -0.25) is 0 Å². The summed E-state index contributed by atoms with van der Waals surface area (Å²) >= 11 is 17.8. The number of hydrogen-bond acceptors (Lipinski definition) is 3. The number of methoxy groups -OCH3 is 1. The van der Waals surface area contributed by atoms with Crippen LogP contribution in [0.25, 0.3) is 11.3 Å². The zero-order chi connectivity index (χ0) is 13.1. The first-order valence-electron chi connectivity index (χ1n) is 5.08. The van der Waals surface area contributed by atoms with Crippen LogP contribution in [0.15, 0.2) is 24.3 Å². The smallest absolute Gasteiger partial charge is 0.156 e. The van der Waals surface area contributed by atoms with Gasteiger partial charge in [-0.2, -0.15) is 0 Å². The van der Waals surface area contributed by atoms with Crippen LogP contribution in [0.4, 0.5) is 0 Å². The molecule has 0 saturated carbocycles. The molecule has 0 spiro atoms. The minimum Gasteiger partial charge on any atom is -0.377 e. The van der Waals surface area contributed by atoms with Crippen molar-refractivity contribution in [3.8, 4) is 11.3 Å². The molecule has 0 aliphatic carbocycles. The van der Waals surface area contributed by atoms with Crippen LogP contribution in [0.1, 0.15) is 5.82 Å². The number of halogens is 3. The number of aromatic nitrogens is 2. The molecular formula is C12H9Cl3N2O. The van der Waals surface area contributed by atoms with Gasteiger partial charge in [0.25, 0.3) is 0 Å². The van der Waals surface area contributed by atoms with Gasteiger partial charge < -0.3 is 4.74 Å². The topological polar surface area (TPSA) is 35.0 Å². The van der Waals surface area contributed by atoms with Gasteiger partial charge >= 0.3 is 0 Å². The van der Waals surface area contributed by atoms with Crippen molar-refractivity contribution in [1.29, 1.82) is 0 Å². The number of ether oxygens (including phenoxy) is 1. The molecule has 1 heterocycles. The number of nitrogens with zero attached hydrogens (tertiary/aromatic N) is 2. The van der Waals surface area contributed by atoms with Crippen LogP contribution in [-0.4, -0.2) is 17.1 Å². The van der Waals surface area contributed by atoms with Crippen LogP contribution in [0.2, 0.25) is 15.2 Å². The quantitative estimate of drug-likeness (QED) is 0.795. The summed E-state index contributed by atoms with van der Waals surface area (Å²) < 4.78 is 4.99. The Morgan fingerprint density at radius 1 is 1.06 bits per heavy atom. The molecule has 2 aromatic rings. The maximum absolute atomic E-state index is 5.97. The Balaban J connectivity index is 2.46. The first-order valence-corrected chi connectivity index (χ1v) is 6.21. The zero-order valence-electron chi connectivity index (χ0n) is 9.45. The van der Waals surface area contributed by atoms with E-state index in [0.717, 1.165) is 5.56 Å². The van der Waals surface area contributed by atoms with E-state index >= 15 is 0 Å². The van der Waals surface area contributed by atoms with E-state index < -0.39 is 0 Å². The summed E-state index contributed by atoms with van der Waals surface area (Å²) in [7, 11) is 1.57. The molecule has 0 atom stereocenters. The fourth-order valence-corrected chi connectivity index (χ4v) is 1.96. The first-order chi connectivity index (χ1) is 8.60. The second-order valence-corrected chi connectivity index (χ2v) is 4.76. The van der Waals surface area contributed by atoms with Crippen LogP contribution >= 0.6 is 34.8 Å². The Kier molecular flexibility index (Phi) is 4.40. The normalized spacial score (nSPS) is 10.7. The van der Waals surface area contributed by atoms with Gasteiger partial charge in [-0.15, -0.1) is 0 Å². The Hall–Kier alpha value is -0.870. The summed E-state index contributed by atoms with van der Waals surface area (Å²) in [5, 5.41) is 1.33. The van der Waals surface area contributed by atoms with Gasteiger partial charge in [-0.1, -0.05) is 40.9 Å². The summed E-state index contributed by atoms with van der Waals surface area (Å²) in [5.41, 5.74) is 1.51. The lowest BCUT2D eigenvalue weighted by Crippen LogP contribution is -1.98. The fraction of sp³-hybridized carbons (Fsp3) is 0.167. The molecule has 3 nitrogen and oxygen atoms in total. The van der Waals surface area contributed by atoms with Gasteiger partial charge in [0.15, 0.2) is 5.82 Å². The van der Waals surface area contributed by atoms with Crippen LogP contribution in [-0.2, 0) is 11.3 Å². The molecule has 18 heavy (non-hydrogen) atoms. The average Bonchev–Trinajstić information content (AvgIpc) is 2.32. The summed E-state index contributed by atoms with van der Waals surface area (Å²) in [4.78, 5) is 8.40. The van der Waals surface area contributed by atoms with Crippen LogP contribution in [0.3, 0.4) is 0 Å². The third kappa shape index (κ3) is 3.12. The summed E-state index contributed by atoms with van der Waals surface area (Å²) in [5.74, 6) is 0.520. The third-order valence-electron chi connectivity index (χ3n) is 2.23. The second kappa shape index (κ2) is 5.85. The molecule has 0 unspecified atom stereocenters. The molecule has 0 saturated heterocycles. The van der Waals surface area contributed by atoms with Crippen LogP contribution in [0.5, 0.6) is 0 Å². The SMILES string of the molecule is COCc1nc(Cl)cc(-c2ccc(Cl)c(Cl)c2)n1. The predicted octanol–water partition coefficient (Wildman–Crippen LogP) is 4.25. The molecule has 6 heteroatoms. The van der Waals surface area contributed by atoms with Crippen molar-refractivity contribution in [2.45, 2.75) is 6.61 Å². The first kappa shape index (κ1) is 13.6. The van der Waals surface area contributed by atoms with Crippen molar-refractivity contribution >= 4 is 34.8 Å². The van der Waals surface area contributed by atoms with Gasteiger partial charge in [-0.25, -0.2) is 9.97 Å². The Labute approximate surface area is 120 Å². The molecule has 2 rings (SSSR count). The van der Waals surface area contributed by atoms with Gasteiger partial charge in [0.05, 0.1) is 15.7 Å². The molecule has 0 aliphatic heterocycles. The molecule has 1 aromatic heterocycles. The van der Waals surface area contributed by atoms with Crippen molar-refractivity contribution in [2.75, 3.05) is 7.11 Å². The molecule has 0 radical (unpaired) electrons. The molecule has 0 amide bonds. The van der Waals surface area contributed by atoms with Gasteiger partial charge in [0.2, 0.25) is 0 Å². The van der Waals surface area contributed by atoms with E-state index in [1.54, 1.807) is 25.3 Å². The van der Waals surface area contributed by atoms with Gasteiger partial charge in [0, 0.05) is 18.7 Å². The van der Waals surface area contributed by atoms with Gasteiger partial charge in [0.1, 0.15) is 11.8 Å². The van der Waals surface area contributed by atoms with E-state index in [0.29, 0.717) is 33.3 Å². The van der Waals surface area contributed by atoms with E-state index in [1.807, 2.05) is 6.07 Å². The number of hydrogen-bond donors (Lipinski definition) is 0. The van der Waals surface area contributed by atoms with E-state index in [2.05, 4.69) is 9.97 Å². The van der Waals surface area contributed by atoms with Crippen LogP contribution in [0, 0.1) is 0 Å². The molecule has 0 fully saturated rings. The van der Waals surface area contributed by atoms with Gasteiger partial charge in [-0.05, 0) is 12.1 Å². The van der Waals surface area contributed by atoms with E-state index in [1.165, 1.54) is 0 Å². The number of benzene rings is 1. The van der Waals surface area contributed by atoms with E-state index in [-0.39, 0.29) is 0 Å². The van der Waals surface area contributed by atoms with Crippen molar-refractivity contribution in [3.05, 3.63) is 45.3 Å². The summed E-state index contributed by atoms with van der Waals surface area (Å²) in [6, 6.07) is 6.94. The Bertz CT molecular complexity index is 575. The zero-order valence-corrected chi connectivity index (χ0v) is 11.7. The maximum atomic E-state index is 5.97. The molecule has 1 aromatic carbocycles. The minimum absolute atomic E-state index is 0.300.